The molecule has 2 heterocycles. The van der Waals surface area contributed by atoms with Crippen molar-refractivity contribution in [3.05, 3.63) is 20.3 Å². The monoisotopic (exact) mass is 304 g/mol. The number of aryl methyl sites for hydroxylation is 1. The van der Waals surface area contributed by atoms with E-state index in [2.05, 4.69) is 34.3 Å². The van der Waals surface area contributed by atoms with Crippen LogP contribution in [0, 0.1) is 12.8 Å². The average molecular weight is 305 g/mol. The smallest absolute Gasteiger partial charge is 0.0731 e. The maximum Gasteiger partial charge on any atom is 0.0731 e. The molecule has 1 unspecified atom stereocenters. The first kappa shape index (κ1) is 12.5. The van der Waals surface area contributed by atoms with Crippen molar-refractivity contribution < 1.29 is 4.74 Å². The zero-order valence-electron chi connectivity index (χ0n) is 9.33. The summed E-state index contributed by atoms with van der Waals surface area (Å²) in [5.41, 5.74) is 4.25. The first-order valence-corrected chi connectivity index (χ1v) is 7.13. The van der Waals surface area contributed by atoms with Gasteiger partial charge in [0.05, 0.1) is 9.83 Å². The maximum atomic E-state index is 5.70. The largest absolute Gasteiger partial charge is 0.381 e. The summed E-state index contributed by atoms with van der Waals surface area (Å²) in [6.07, 6.45) is 2.17. The van der Waals surface area contributed by atoms with Gasteiger partial charge in [-0.2, -0.15) is 0 Å². The molecular formula is C11H17BrN2OS. The van der Waals surface area contributed by atoms with Gasteiger partial charge in [-0.3, -0.25) is 11.3 Å². The Labute approximate surface area is 108 Å². The highest BCUT2D eigenvalue weighted by Gasteiger charge is 2.26. The summed E-state index contributed by atoms with van der Waals surface area (Å²) in [4.78, 5) is 1.32. The minimum atomic E-state index is 0.263. The number of thiophene rings is 1. The predicted molar refractivity (Wildman–Crippen MR) is 70.4 cm³/mol. The molecule has 0 spiro atoms. The fourth-order valence-electron chi connectivity index (χ4n) is 2.14. The standard InChI is InChI=1S/C11H17BrN2OS/c1-7-6-9(16-11(7)12)10(14-13)8-2-4-15-5-3-8/h6,8,10,14H,2-5,13H2,1H3. The van der Waals surface area contributed by atoms with Gasteiger partial charge in [-0.25, -0.2) is 0 Å². The van der Waals surface area contributed by atoms with Crippen molar-refractivity contribution in [3.63, 3.8) is 0 Å². The van der Waals surface area contributed by atoms with Crippen LogP contribution in [0.5, 0.6) is 0 Å². The molecule has 1 aliphatic rings. The van der Waals surface area contributed by atoms with Crippen molar-refractivity contribution in [1.29, 1.82) is 0 Å². The second kappa shape index (κ2) is 5.60. The van der Waals surface area contributed by atoms with Crippen molar-refractivity contribution in [3.8, 4) is 0 Å². The Morgan fingerprint density at radius 2 is 2.25 bits per heavy atom. The number of rotatable bonds is 3. The van der Waals surface area contributed by atoms with Crippen LogP contribution in [0.15, 0.2) is 9.85 Å². The summed E-state index contributed by atoms with van der Waals surface area (Å²) in [5.74, 6) is 6.28. The van der Waals surface area contributed by atoms with E-state index in [0.717, 1.165) is 26.1 Å². The molecule has 1 aliphatic heterocycles. The molecule has 3 N–H and O–H groups in total. The Morgan fingerprint density at radius 1 is 1.56 bits per heavy atom. The van der Waals surface area contributed by atoms with Crippen molar-refractivity contribution in [2.45, 2.75) is 25.8 Å². The number of nitrogens with two attached hydrogens (primary N) is 1. The summed E-state index contributed by atoms with van der Waals surface area (Å²) in [6, 6.07) is 2.48. The molecule has 1 saturated heterocycles. The van der Waals surface area contributed by atoms with Gasteiger partial charge in [0.2, 0.25) is 0 Å². The number of hydrogen-bond donors (Lipinski definition) is 2. The van der Waals surface area contributed by atoms with Crippen LogP contribution in [0.3, 0.4) is 0 Å². The highest BCUT2D eigenvalue weighted by Crippen LogP contribution is 2.37. The molecule has 0 radical (unpaired) electrons. The van der Waals surface area contributed by atoms with Crippen LogP contribution in [0.1, 0.15) is 29.3 Å². The first-order valence-electron chi connectivity index (χ1n) is 5.52. The van der Waals surface area contributed by atoms with Crippen molar-refractivity contribution in [1.82, 2.24) is 5.43 Å². The maximum absolute atomic E-state index is 5.70. The van der Waals surface area contributed by atoms with Crippen molar-refractivity contribution in [2.24, 2.45) is 11.8 Å². The molecule has 2 rings (SSSR count). The number of hydrazine groups is 1. The lowest BCUT2D eigenvalue weighted by Gasteiger charge is -2.29. The van der Waals surface area contributed by atoms with Gasteiger partial charge < -0.3 is 4.74 Å². The molecule has 16 heavy (non-hydrogen) atoms. The Bertz CT molecular complexity index is 330. The molecule has 0 aliphatic carbocycles. The molecule has 0 bridgehead atoms. The number of halogens is 1. The van der Waals surface area contributed by atoms with Gasteiger partial charge >= 0.3 is 0 Å². The van der Waals surface area contributed by atoms with E-state index in [4.69, 9.17) is 10.6 Å². The van der Waals surface area contributed by atoms with Gasteiger partial charge in [-0.05, 0) is 53.2 Å². The Morgan fingerprint density at radius 3 is 2.75 bits per heavy atom. The SMILES string of the molecule is Cc1cc(C(NN)C2CCOCC2)sc1Br. The fraction of sp³-hybridized carbons (Fsp3) is 0.636. The highest BCUT2D eigenvalue weighted by atomic mass is 79.9. The molecule has 1 atom stereocenters. The normalized spacial score (nSPS) is 19.9. The molecule has 0 amide bonds. The molecule has 1 fully saturated rings. The minimum Gasteiger partial charge on any atom is -0.381 e. The summed E-state index contributed by atoms with van der Waals surface area (Å²) in [5, 5.41) is 0. The quantitative estimate of drug-likeness (QED) is 0.667. The van der Waals surface area contributed by atoms with Crippen LogP contribution < -0.4 is 11.3 Å². The third-order valence-corrected chi connectivity index (χ3v) is 5.32. The van der Waals surface area contributed by atoms with Gasteiger partial charge in [-0.1, -0.05) is 0 Å². The zero-order chi connectivity index (χ0) is 11.5. The van der Waals surface area contributed by atoms with Crippen molar-refractivity contribution >= 4 is 27.3 Å². The van der Waals surface area contributed by atoms with Crippen LogP contribution in [0.25, 0.3) is 0 Å². The molecule has 0 aromatic carbocycles. The van der Waals surface area contributed by atoms with E-state index in [-0.39, 0.29) is 6.04 Å². The second-order valence-electron chi connectivity index (χ2n) is 4.20. The fourth-order valence-corrected chi connectivity index (χ4v) is 3.86. The molecule has 3 nitrogen and oxygen atoms in total. The Balaban J connectivity index is 2.14. The van der Waals surface area contributed by atoms with E-state index in [1.54, 1.807) is 11.3 Å². The number of hydrogen-bond acceptors (Lipinski definition) is 4. The lowest BCUT2D eigenvalue weighted by atomic mass is 9.91. The van der Waals surface area contributed by atoms with E-state index in [9.17, 15) is 0 Å². The lowest BCUT2D eigenvalue weighted by Crippen LogP contribution is -2.35. The Hall–Kier alpha value is 0.0600. The van der Waals surface area contributed by atoms with Crippen LogP contribution in [-0.4, -0.2) is 13.2 Å². The summed E-state index contributed by atoms with van der Waals surface area (Å²) < 4.78 is 6.59. The minimum absolute atomic E-state index is 0.263. The molecule has 1 aromatic rings. The predicted octanol–water partition coefficient (Wildman–Crippen LogP) is 2.75. The van der Waals surface area contributed by atoms with Crippen LogP contribution in [0.2, 0.25) is 0 Å². The lowest BCUT2D eigenvalue weighted by molar-refractivity contribution is 0.0540. The van der Waals surface area contributed by atoms with Gasteiger partial charge in [0.25, 0.3) is 0 Å². The second-order valence-corrected chi connectivity index (χ2v) is 6.60. The number of ether oxygens (including phenoxy) is 1. The van der Waals surface area contributed by atoms with Crippen LogP contribution >= 0.6 is 27.3 Å². The van der Waals surface area contributed by atoms with E-state index in [1.165, 1.54) is 14.2 Å². The number of nitrogens with one attached hydrogen (secondary N) is 1. The van der Waals surface area contributed by atoms with Crippen LogP contribution in [0.4, 0.5) is 0 Å². The summed E-state index contributed by atoms with van der Waals surface area (Å²) >= 11 is 5.34. The summed E-state index contributed by atoms with van der Waals surface area (Å²) in [6.45, 7) is 3.82. The molecule has 5 heteroatoms. The summed E-state index contributed by atoms with van der Waals surface area (Å²) in [7, 11) is 0. The van der Waals surface area contributed by atoms with E-state index >= 15 is 0 Å². The molecular weight excluding hydrogens is 288 g/mol. The zero-order valence-corrected chi connectivity index (χ0v) is 11.7. The third-order valence-electron chi connectivity index (χ3n) is 3.10. The third kappa shape index (κ3) is 2.65. The van der Waals surface area contributed by atoms with Gasteiger partial charge in [0.1, 0.15) is 0 Å². The Kier molecular flexibility index (Phi) is 4.38. The molecule has 90 valence electrons. The highest BCUT2D eigenvalue weighted by molar-refractivity contribution is 9.11. The molecule has 1 aromatic heterocycles. The van der Waals surface area contributed by atoms with Crippen LogP contribution in [-0.2, 0) is 4.74 Å². The van der Waals surface area contributed by atoms with E-state index in [1.807, 2.05) is 0 Å². The van der Waals surface area contributed by atoms with Gasteiger partial charge in [0, 0.05) is 18.1 Å². The topological polar surface area (TPSA) is 47.3 Å². The van der Waals surface area contributed by atoms with Gasteiger partial charge in [0.15, 0.2) is 0 Å². The van der Waals surface area contributed by atoms with E-state index < -0.39 is 0 Å². The van der Waals surface area contributed by atoms with E-state index in [0.29, 0.717) is 5.92 Å². The van der Waals surface area contributed by atoms with Crippen molar-refractivity contribution in [2.75, 3.05) is 13.2 Å². The first-order chi connectivity index (χ1) is 7.72. The average Bonchev–Trinajstić information content (AvgIpc) is 2.61. The van der Waals surface area contributed by atoms with Gasteiger partial charge in [-0.15, -0.1) is 11.3 Å². The molecule has 0 saturated carbocycles.